The van der Waals surface area contributed by atoms with Crippen molar-refractivity contribution in [2.75, 3.05) is 12.4 Å². The molecule has 0 aliphatic heterocycles. The maximum Gasteiger partial charge on any atom is 0.441 e. The SMILES string of the molecule is CCOC(=O)C(=[N+]=[N-])C(=O)CCSCc1c[nH]c2ccccc12. The maximum atomic E-state index is 11.9. The first-order valence-corrected chi connectivity index (χ1v) is 8.38. The van der Waals surface area contributed by atoms with E-state index in [0.717, 1.165) is 16.7 Å². The zero-order chi connectivity index (χ0) is 16.7. The van der Waals surface area contributed by atoms with E-state index >= 15 is 0 Å². The summed E-state index contributed by atoms with van der Waals surface area (Å²) in [5.74, 6) is -0.127. The number of esters is 1. The number of aromatic amines is 1. The molecule has 0 unspecified atom stereocenters. The minimum Gasteiger partial charge on any atom is -0.457 e. The lowest BCUT2D eigenvalue weighted by atomic mass is 10.2. The molecular weight excluding hydrogens is 314 g/mol. The van der Waals surface area contributed by atoms with E-state index in [1.165, 1.54) is 5.56 Å². The third-order valence-corrected chi connectivity index (χ3v) is 4.25. The van der Waals surface area contributed by atoms with Crippen LogP contribution in [0, 0.1) is 0 Å². The Labute approximate surface area is 137 Å². The van der Waals surface area contributed by atoms with Crippen LogP contribution in [0.5, 0.6) is 0 Å². The Balaban J connectivity index is 1.84. The number of benzene rings is 1. The lowest BCUT2D eigenvalue weighted by Gasteiger charge is -2.00. The molecule has 0 spiro atoms. The average molecular weight is 331 g/mol. The van der Waals surface area contributed by atoms with Crippen molar-refractivity contribution in [2.24, 2.45) is 0 Å². The van der Waals surface area contributed by atoms with Gasteiger partial charge in [0.1, 0.15) is 0 Å². The van der Waals surface area contributed by atoms with Crippen LogP contribution in [0.1, 0.15) is 18.9 Å². The molecule has 2 aromatic rings. The molecule has 23 heavy (non-hydrogen) atoms. The first kappa shape index (κ1) is 17.0. The van der Waals surface area contributed by atoms with Crippen molar-refractivity contribution in [3.05, 3.63) is 41.6 Å². The fourth-order valence-corrected chi connectivity index (χ4v) is 3.06. The lowest BCUT2D eigenvalue weighted by molar-refractivity contribution is -0.141. The Morgan fingerprint density at radius 1 is 1.35 bits per heavy atom. The van der Waals surface area contributed by atoms with Gasteiger partial charge in [0.2, 0.25) is 0 Å². The van der Waals surface area contributed by atoms with Crippen LogP contribution in [0.25, 0.3) is 16.4 Å². The number of carbonyl (C=O) groups excluding carboxylic acids is 2. The summed E-state index contributed by atoms with van der Waals surface area (Å²) in [4.78, 5) is 29.2. The predicted octanol–water partition coefficient (Wildman–Crippen LogP) is 2.59. The second kappa shape index (κ2) is 8.31. The van der Waals surface area contributed by atoms with E-state index in [0.29, 0.717) is 5.75 Å². The number of nitrogens with zero attached hydrogens (tertiary/aromatic N) is 2. The molecule has 0 aliphatic carbocycles. The van der Waals surface area contributed by atoms with Crippen LogP contribution in [0.2, 0.25) is 0 Å². The average Bonchev–Trinajstić information content (AvgIpc) is 2.96. The van der Waals surface area contributed by atoms with E-state index < -0.39 is 17.5 Å². The fourth-order valence-electron chi connectivity index (χ4n) is 2.13. The zero-order valence-corrected chi connectivity index (χ0v) is 13.6. The molecular formula is C16H17N3O3S. The maximum absolute atomic E-state index is 11.9. The van der Waals surface area contributed by atoms with Crippen molar-refractivity contribution >= 4 is 40.1 Å². The summed E-state index contributed by atoms with van der Waals surface area (Å²) in [6.07, 6.45) is 2.07. The van der Waals surface area contributed by atoms with Crippen molar-refractivity contribution in [2.45, 2.75) is 19.1 Å². The first-order valence-electron chi connectivity index (χ1n) is 7.22. The molecule has 0 radical (unpaired) electrons. The fraction of sp³-hybridized carbons (Fsp3) is 0.312. The highest BCUT2D eigenvalue weighted by Crippen LogP contribution is 2.22. The predicted molar refractivity (Wildman–Crippen MR) is 89.3 cm³/mol. The van der Waals surface area contributed by atoms with Crippen molar-refractivity contribution < 1.29 is 19.1 Å². The molecule has 0 atom stereocenters. The summed E-state index contributed by atoms with van der Waals surface area (Å²) >= 11 is 1.58. The molecule has 1 aromatic heterocycles. The molecule has 6 nitrogen and oxygen atoms in total. The normalized spacial score (nSPS) is 10.3. The number of ketones is 1. The summed E-state index contributed by atoms with van der Waals surface area (Å²) in [5, 5.41) is 1.16. The van der Waals surface area contributed by atoms with Gasteiger partial charge in [0.05, 0.1) is 6.61 Å². The number of ether oxygens (including phenoxy) is 1. The molecule has 0 amide bonds. The van der Waals surface area contributed by atoms with E-state index in [9.17, 15) is 9.59 Å². The molecule has 120 valence electrons. The van der Waals surface area contributed by atoms with Crippen LogP contribution in [0.4, 0.5) is 0 Å². The Morgan fingerprint density at radius 2 is 2.13 bits per heavy atom. The minimum atomic E-state index is -0.887. The number of H-pyrrole nitrogens is 1. The molecule has 0 saturated carbocycles. The summed E-state index contributed by atoms with van der Waals surface area (Å²) in [6.45, 7) is 1.74. The molecule has 7 heteroatoms. The lowest BCUT2D eigenvalue weighted by Crippen LogP contribution is -2.27. The molecule has 0 bridgehead atoms. The van der Waals surface area contributed by atoms with Crippen molar-refractivity contribution in [3.8, 4) is 0 Å². The summed E-state index contributed by atoms with van der Waals surface area (Å²) in [6, 6.07) is 8.01. The number of aromatic nitrogens is 1. The molecule has 1 heterocycles. The number of Topliss-reactive ketones (excluding diaryl/α,β-unsaturated/α-hetero) is 1. The molecule has 1 N–H and O–H groups in total. The smallest absolute Gasteiger partial charge is 0.441 e. The molecule has 0 aliphatic rings. The van der Waals surface area contributed by atoms with Gasteiger partial charge in [-0.3, -0.25) is 4.79 Å². The van der Waals surface area contributed by atoms with Gasteiger partial charge in [-0.15, -0.1) is 0 Å². The van der Waals surface area contributed by atoms with Crippen LogP contribution < -0.4 is 0 Å². The highest BCUT2D eigenvalue weighted by Gasteiger charge is 2.30. The van der Waals surface area contributed by atoms with Crippen LogP contribution in [0.15, 0.2) is 30.5 Å². The number of carbonyl (C=O) groups is 2. The Hall–Kier alpha value is -2.37. The molecule has 2 rings (SSSR count). The van der Waals surface area contributed by atoms with E-state index in [4.69, 9.17) is 5.53 Å². The second-order valence-corrected chi connectivity index (χ2v) is 5.86. The monoisotopic (exact) mass is 331 g/mol. The Bertz CT molecular complexity index is 763. The topological polar surface area (TPSA) is 95.6 Å². The van der Waals surface area contributed by atoms with Gasteiger partial charge in [-0.1, -0.05) is 18.2 Å². The van der Waals surface area contributed by atoms with Crippen molar-refractivity contribution in [1.29, 1.82) is 0 Å². The van der Waals surface area contributed by atoms with Crippen molar-refractivity contribution in [1.82, 2.24) is 4.98 Å². The Morgan fingerprint density at radius 3 is 2.87 bits per heavy atom. The standard InChI is InChI=1S/C16H17N3O3S/c1-2-22-16(21)15(19-17)14(20)7-8-23-10-11-9-18-13-6-4-3-5-12(11)13/h3-6,9,18H,2,7-8,10H2,1H3. The van der Waals surface area contributed by atoms with Gasteiger partial charge in [0.25, 0.3) is 5.78 Å². The number of rotatable bonds is 8. The number of fused-ring (bicyclic) bond motifs is 1. The van der Waals surface area contributed by atoms with Gasteiger partial charge in [0, 0.05) is 35.0 Å². The van der Waals surface area contributed by atoms with Crippen LogP contribution >= 0.6 is 11.8 Å². The van der Waals surface area contributed by atoms with Gasteiger partial charge in [-0.25, -0.2) is 4.79 Å². The Kier molecular flexibility index (Phi) is 6.14. The van der Waals surface area contributed by atoms with Gasteiger partial charge in [-0.05, 0) is 18.6 Å². The highest BCUT2D eigenvalue weighted by molar-refractivity contribution is 7.98. The van der Waals surface area contributed by atoms with E-state index in [1.54, 1.807) is 18.7 Å². The van der Waals surface area contributed by atoms with E-state index in [1.807, 2.05) is 30.5 Å². The quantitative estimate of drug-likeness (QED) is 0.201. The van der Waals surface area contributed by atoms with Crippen molar-refractivity contribution in [3.63, 3.8) is 0 Å². The number of hydrogen-bond donors (Lipinski definition) is 1. The van der Waals surface area contributed by atoms with E-state index in [-0.39, 0.29) is 13.0 Å². The summed E-state index contributed by atoms with van der Waals surface area (Å²) in [7, 11) is 0. The summed E-state index contributed by atoms with van der Waals surface area (Å²) < 4.78 is 4.67. The molecule has 0 fully saturated rings. The molecule has 1 aromatic carbocycles. The largest absolute Gasteiger partial charge is 0.457 e. The van der Waals surface area contributed by atoms with Gasteiger partial charge in [0.15, 0.2) is 0 Å². The number of nitrogens with one attached hydrogen (secondary N) is 1. The van der Waals surface area contributed by atoms with Crippen LogP contribution in [-0.2, 0) is 20.1 Å². The first-order chi connectivity index (χ1) is 11.2. The van der Waals surface area contributed by atoms with Crippen LogP contribution in [0.3, 0.4) is 0 Å². The number of thioether (sulfide) groups is 1. The van der Waals surface area contributed by atoms with E-state index in [2.05, 4.69) is 14.5 Å². The summed E-state index contributed by atoms with van der Waals surface area (Å²) in [5.41, 5.74) is 10.5. The highest BCUT2D eigenvalue weighted by atomic mass is 32.2. The minimum absolute atomic E-state index is 0.116. The van der Waals surface area contributed by atoms with Gasteiger partial charge < -0.3 is 15.3 Å². The van der Waals surface area contributed by atoms with Crippen LogP contribution in [-0.4, -0.2) is 39.6 Å². The number of para-hydroxylation sites is 1. The van der Waals surface area contributed by atoms with Gasteiger partial charge in [-0.2, -0.15) is 16.6 Å². The molecule has 0 saturated heterocycles. The third kappa shape index (κ3) is 4.31. The zero-order valence-electron chi connectivity index (χ0n) is 12.7. The van der Waals surface area contributed by atoms with Gasteiger partial charge >= 0.3 is 11.7 Å². The number of hydrogen-bond acceptors (Lipinski definition) is 4. The third-order valence-electron chi connectivity index (χ3n) is 3.24. The second-order valence-electron chi connectivity index (χ2n) is 4.75.